The third kappa shape index (κ3) is 2.84. The Bertz CT molecular complexity index is 443. The van der Waals surface area contributed by atoms with Crippen LogP contribution in [-0.4, -0.2) is 31.1 Å². The molecule has 1 aliphatic carbocycles. The number of nitrogens with two attached hydrogens (primary N) is 1. The van der Waals surface area contributed by atoms with Crippen LogP contribution in [0.1, 0.15) is 50.3 Å². The molecule has 0 spiro atoms. The maximum absolute atomic E-state index is 6.55. The molecule has 2 atom stereocenters. The van der Waals surface area contributed by atoms with Gasteiger partial charge in [-0.1, -0.05) is 19.9 Å². The highest BCUT2D eigenvalue weighted by Crippen LogP contribution is 2.34. The van der Waals surface area contributed by atoms with Crippen LogP contribution in [0.25, 0.3) is 0 Å². The Morgan fingerprint density at radius 2 is 2.05 bits per heavy atom. The fourth-order valence-corrected chi connectivity index (χ4v) is 3.53. The molecular weight excluding hydrogens is 248 g/mol. The fourth-order valence-electron chi connectivity index (χ4n) is 3.53. The number of likely N-dealkylation sites (N-methyl/N-ethyl adjacent to an activating group) is 1. The van der Waals surface area contributed by atoms with Gasteiger partial charge >= 0.3 is 0 Å². The number of aryl methyl sites for hydroxylation is 1. The van der Waals surface area contributed by atoms with Crippen LogP contribution in [0.3, 0.4) is 0 Å². The van der Waals surface area contributed by atoms with E-state index in [2.05, 4.69) is 37.9 Å². The van der Waals surface area contributed by atoms with E-state index in [4.69, 9.17) is 10.5 Å². The molecule has 0 aliphatic heterocycles. The van der Waals surface area contributed by atoms with Crippen LogP contribution in [0.2, 0.25) is 0 Å². The first-order valence-corrected chi connectivity index (χ1v) is 7.76. The fraction of sp³-hybridized carbons (Fsp3) is 0.647. The number of hydrogen-bond acceptors (Lipinski definition) is 3. The van der Waals surface area contributed by atoms with Crippen molar-refractivity contribution in [2.45, 2.75) is 57.7 Å². The number of nitrogens with zero attached hydrogens (tertiary/aromatic N) is 1. The second-order valence-electron chi connectivity index (χ2n) is 5.83. The van der Waals surface area contributed by atoms with E-state index in [1.165, 1.54) is 24.0 Å². The molecule has 0 radical (unpaired) electrons. The molecule has 0 heterocycles. The number of hydrogen-bond donors (Lipinski definition) is 1. The van der Waals surface area contributed by atoms with Crippen molar-refractivity contribution in [2.75, 3.05) is 14.2 Å². The molecule has 0 bridgehead atoms. The summed E-state index contributed by atoms with van der Waals surface area (Å²) in [6.07, 6.45) is 4.60. The second-order valence-corrected chi connectivity index (χ2v) is 5.83. The lowest BCUT2D eigenvalue weighted by atomic mass is 9.83. The van der Waals surface area contributed by atoms with E-state index in [0.717, 1.165) is 18.6 Å². The lowest BCUT2D eigenvalue weighted by Crippen LogP contribution is -2.47. The standard InChI is InChI=1S/C17H28N2O/c1-5-13(6-2)19(3)16-10-7-12-11-14(20-4)8-9-15(12)17(16)18/h8-9,11,13,16-17H,5-7,10,18H2,1-4H3. The monoisotopic (exact) mass is 276 g/mol. The van der Waals surface area contributed by atoms with Gasteiger partial charge in [-0.25, -0.2) is 0 Å². The number of methoxy groups -OCH3 is 1. The van der Waals surface area contributed by atoms with Gasteiger partial charge in [-0.05, 0) is 56.0 Å². The molecule has 0 amide bonds. The number of rotatable bonds is 5. The van der Waals surface area contributed by atoms with Crippen molar-refractivity contribution < 1.29 is 4.74 Å². The van der Waals surface area contributed by atoms with Crippen molar-refractivity contribution >= 4 is 0 Å². The van der Waals surface area contributed by atoms with Gasteiger partial charge in [-0.3, -0.25) is 4.90 Å². The van der Waals surface area contributed by atoms with E-state index in [1.54, 1.807) is 7.11 Å². The molecule has 0 saturated carbocycles. The topological polar surface area (TPSA) is 38.5 Å². The molecule has 1 aromatic rings. The Morgan fingerprint density at radius 1 is 1.35 bits per heavy atom. The quantitative estimate of drug-likeness (QED) is 0.898. The van der Waals surface area contributed by atoms with Gasteiger partial charge < -0.3 is 10.5 Å². The molecule has 1 aromatic carbocycles. The lowest BCUT2D eigenvalue weighted by Gasteiger charge is -2.41. The van der Waals surface area contributed by atoms with E-state index in [1.807, 2.05) is 6.07 Å². The highest BCUT2D eigenvalue weighted by atomic mass is 16.5. The minimum atomic E-state index is 0.107. The van der Waals surface area contributed by atoms with Crippen molar-refractivity contribution in [3.05, 3.63) is 29.3 Å². The minimum Gasteiger partial charge on any atom is -0.497 e. The Kier molecular flexibility index (Phi) is 5.06. The zero-order valence-corrected chi connectivity index (χ0v) is 13.2. The van der Waals surface area contributed by atoms with E-state index in [9.17, 15) is 0 Å². The van der Waals surface area contributed by atoms with Crippen molar-refractivity contribution in [1.29, 1.82) is 0 Å². The first-order chi connectivity index (χ1) is 9.62. The molecule has 0 fully saturated rings. The van der Waals surface area contributed by atoms with E-state index in [-0.39, 0.29) is 6.04 Å². The number of ether oxygens (including phenoxy) is 1. The van der Waals surface area contributed by atoms with Gasteiger partial charge in [0, 0.05) is 18.1 Å². The smallest absolute Gasteiger partial charge is 0.119 e. The first kappa shape index (κ1) is 15.3. The maximum Gasteiger partial charge on any atom is 0.119 e. The normalized spacial score (nSPS) is 22.1. The molecule has 112 valence electrons. The van der Waals surface area contributed by atoms with E-state index >= 15 is 0 Å². The molecule has 0 saturated heterocycles. The molecule has 2 rings (SSSR count). The van der Waals surface area contributed by atoms with Crippen LogP contribution in [-0.2, 0) is 6.42 Å². The van der Waals surface area contributed by atoms with Crippen LogP contribution < -0.4 is 10.5 Å². The van der Waals surface area contributed by atoms with Crippen molar-refractivity contribution in [2.24, 2.45) is 5.73 Å². The predicted molar refractivity (Wildman–Crippen MR) is 84.2 cm³/mol. The molecule has 3 heteroatoms. The molecule has 1 aliphatic rings. The summed E-state index contributed by atoms with van der Waals surface area (Å²) in [5.41, 5.74) is 9.19. The summed E-state index contributed by atoms with van der Waals surface area (Å²) in [5.74, 6) is 0.933. The van der Waals surface area contributed by atoms with Crippen LogP contribution >= 0.6 is 0 Å². The maximum atomic E-state index is 6.55. The molecule has 2 unspecified atom stereocenters. The van der Waals surface area contributed by atoms with Gasteiger partial charge in [0.2, 0.25) is 0 Å². The number of fused-ring (bicyclic) bond motifs is 1. The van der Waals surface area contributed by atoms with Crippen LogP contribution in [0, 0.1) is 0 Å². The summed E-state index contributed by atoms with van der Waals surface area (Å²) in [6, 6.07) is 7.49. The van der Waals surface area contributed by atoms with Gasteiger partial charge in [0.25, 0.3) is 0 Å². The third-order valence-electron chi connectivity index (χ3n) is 4.87. The first-order valence-electron chi connectivity index (χ1n) is 7.76. The van der Waals surface area contributed by atoms with E-state index in [0.29, 0.717) is 12.1 Å². The average Bonchev–Trinajstić information content (AvgIpc) is 2.48. The molecular formula is C17H28N2O. The van der Waals surface area contributed by atoms with Gasteiger partial charge in [-0.15, -0.1) is 0 Å². The zero-order valence-electron chi connectivity index (χ0n) is 13.2. The summed E-state index contributed by atoms with van der Waals surface area (Å²) < 4.78 is 5.31. The minimum absolute atomic E-state index is 0.107. The zero-order chi connectivity index (χ0) is 14.7. The number of benzene rings is 1. The third-order valence-corrected chi connectivity index (χ3v) is 4.87. The summed E-state index contributed by atoms with van der Waals surface area (Å²) in [4.78, 5) is 2.50. The molecule has 0 aromatic heterocycles. The lowest BCUT2D eigenvalue weighted by molar-refractivity contribution is 0.129. The van der Waals surface area contributed by atoms with Crippen molar-refractivity contribution in [3.63, 3.8) is 0 Å². The summed E-state index contributed by atoms with van der Waals surface area (Å²) in [7, 11) is 3.95. The van der Waals surface area contributed by atoms with Crippen LogP contribution in [0.15, 0.2) is 18.2 Å². The summed E-state index contributed by atoms with van der Waals surface area (Å²) >= 11 is 0. The molecule has 2 N–H and O–H groups in total. The van der Waals surface area contributed by atoms with Gasteiger partial charge in [0.05, 0.1) is 7.11 Å². The SMILES string of the molecule is CCC(CC)N(C)C1CCc2cc(OC)ccc2C1N. The van der Waals surface area contributed by atoms with Crippen molar-refractivity contribution in [1.82, 2.24) is 4.90 Å². The van der Waals surface area contributed by atoms with Crippen LogP contribution in [0.5, 0.6) is 5.75 Å². The van der Waals surface area contributed by atoms with Gasteiger partial charge in [0.15, 0.2) is 0 Å². The molecule has 20 heavy (non-hydrogen) atoms. The average molecular weight is 276 g/mol. The predicted octanol–water partition coefficient (Wildman–Crippen LogP) is 3.13. The Morgan fingerprint density at radius 3 is 2.65 bits per heavy atom. The van der Waals surface area contributed by atoms with E-state index < -0.39 is 0 Å². The Hall–Kier alpha value is -1.06. The Balaban J connectivity index is 2.21. The summed E-state index contributed by atoms with van der Waals surface area (Å²) in [5, 5.41) is 0. The van der Waals surface area contributed by atoms with Crippen LogP contribution in [0.4, 0.5) is 0 Å². The highest BCUT2D eigenvalue weighted by Gasteiger charge is 2.31. The second kappa shape index (κ2) is 6.59. The van der Waals surface area contributed by atoms with Crippen molar-refractivity contribution in [3.8, 4) is 5.75 Å². The summed E-state index contributed by atoms with van der Waals surface area (Å²) in [6.45, 7) is 4.52. The molecule has 3 nitrogen and oxygen atoms in total. The van der Waals surface area contributed by atoms with Gasteiger partial charge in [0.1, 0.15) is 5.75 Å². The largest absolute Gasteiger partial charge is 0.497 e. The highest BCUT2D eigenvalue weighted by molar-refractivity contribution is 5.40. The van der Waals surface area contributed by atoms with Gasteiger partial charge in [-0.2, -0.15) is 0 Å². The Labute approximate surface area is 123 Å².